The first-order valence-electron chi connectivity index (χ1n) is 8.95. The van der Waals surface area contributed by atoms with Crippen LogP contribution in [0.3, 0.4) is 0 Å². The fourth-order valence-corrected chi connectivity index (χ4v) is 2.93. The van der Waals surface area contributed by atoms with Gasteiger partial charge in [0.25, 0.3) is 0 Å². The normalized spacial score (nSPS) is 15.1. The minimum absolute atomic E-state index is 0.0669. The van der Waals surface area contributed by atoms with Crippen LogP contribution in [0.5, 0.6) is 5.75 Å². The van der Waals surface area contributed by atoms with Crippen molar-refractivity contribution in [2.75, 3.05) is 44.6 Å². The molecule has 1 fully saturated rings. The second-order valence-corrected chi connectivity index (χ2v) is 6.34. The lowest BCUT2D eigenvalue weighted by Gasteiger charge is -2.23. The van der Waals surface area contributed by atoms with Crippen LogP contribution in [-0.2, 0) is 0 Å². The third kappa shape index (κ3) is 7.11. The van der Waals surface area contributed by atoms with Crippen LogP contribution in [-0.4, -0.2) is 61.3 Å². The first-order valence-corrected chi connectivity index (χ1v) is 8.95. The summed E-state index contributed by atoms with van der Waals surface area (Å²) in [5, 5.41) is 2.72. The zero-order valence-electron chi connectivity index (χ0n) is 15.0. The Morgan fingerprint density at radius 1 is 1.31 bits per heavy atom. The van der Waals surface area contributed by atoms with Gasteiger partial charge in [-0.3, -0.25) is 0 Å². The summed E-state index contributed by atoms with van der Waals surface area (Å²) >= 11 is 0. The lowest BCUT2D eigenvalue weighted by molar-refractivity contribution is -0.153. The topological polar surface area (TPSA) is 44.8 Å². The Hall–Kier alpha value is -1.96. The third-order valence-electron chi connectivity index (χ3n) is 4.26. The molecule has 0 atom stereocenters. The van der Waals surface area contributed by atoms with Crippen molar-refractivity contribution in [2.45, 2.75) is 32.4 Å². The SMILES string of the molecule is CCN(CCCN1CCCC1)C(=O)Nc1cccc(OCC(F)(F)F)c1. The number of likely N-dealkylation sites (tertiary alicyclic amines) is 1. The highest BCUT2D eigenvalue weighted by molar-refractivity contribution is 5.89. The van der Waals surface area contributed by atoms with Gasteiger partial charge in [0.2, 0.25) is 0 Å². The summed E-state index contributed by atoms with van der Waals surface area (Å²) in [5.74, 6) is 0.0669. The molecule has 0 aliphatic carbocycles. The summed E-state index contributed by atoms with van der Waals surface area (Å²) in [7, 11) is 0. The van der Waals surface area contributed by atoms with E-state index in [1.165, 1.54) is 25.0 Å². The van der Waals surface area contributed by atoms with E-state index in [1.807, 2.05) is 6.92 Å². The molecule has 0 saturated carbocycles. The number of carbonyl (C=O) groups excluding carboxylic acids is 1. The van der Waals surface area contributed by atoms with E-state index < -0.39 is 12.8 Å². The maximum absolute atomic E-state index is 12.4. The van der Waals surface area contributed by atoms with Gasteiger partial charge in [0.15, 0.2) is 6.61 Å². The van der Waals surface area contributed by atoms with Crippen molar-refractivity contribution < 1.29 is 22.7 Å². The smallest absolute Gasteiger partial charge is 0.422 e. The Morgan fingerprint density at radius 3 is 2.69 bits per heavy atom. The van der Waals surface area contributed by atoms with Crippen LogP contribution in [0.25, 0.3) is 0 Å². The van der Waals surface area contributed by atoms with Gasteiger partial charge in [0.1, 0.15) is 5.75 Å². The number of halogens is 3. The molecule has 0 unspecified atom stereocenters. The Kier molecular flexibility index (Phi) is 7.56. The van der Waals surface area contributed by atoms with Crippen molar-refractivity contribution in [1.29, 1.82) is 0 Å². The molecule has 2 rings (SSSR count). The second-order valence-electron chi connectivity index (χ2n) is 6.34. The summed E-state index contributed by atoms with van der Waals surface area (Å²) in [6, 6.07) is 5.72. The van der Waals surface area contributed by atoms with E-state index in [0.717, 1.165) is 26.1 Å². The number of rotatable bonds is 8. The fourth-order valence-electron chi connectivity index (χ4n) is 2.93. The first-order chi connectivity index (χ1) is 12.4. The number of hydrogen-bond acceptors (Lipinski definition) is 3. The van der Waals surface area contributed by atoms with Crippen molar-refractivity contribution in [1.82, 2.24) is 9.80 Å². The van der Waals surface area contributed by atoms with E-state index in [1.54, 1.807) is 17.0 Å². The van der Waals surface area contributed by atoms with Crippen LogP contribution in [0.2, 0.25) is 0 Å². The molecular formula is C18H26F3N3O2. The highest BCUT2D eigenvalue weighted by atomic mass is 19.4. The van der Waals surface area contributed by atoms with E-state index in [4.69, 9.17) is 4.74 Å². The number of anilines is 1. The minimum Gasteiger partial charge on any atom is -0.484 e. The number of carbonyl (C=O) groups is 1. The number of benzene rings is 1. The molecule has 5 nitrogen and oxygen atoms in total. The molecule has 8 heteroatoms. The lowest BCUT2D eigenvalue weighted by atomic mass is 10.3. The second kappa shape index (κ2) is 9.66. The number of alkyl halides is 3. The van der Waals surface area contributed by atoms with Gasteiger partial charge in [-0.15, -0.1) is 0 Å². The van der Waals surface area contributed by atoms with E-state index in [2.05, 4.69) is 10.2 Å². The Balaban J connectivity index is 1.82. The maximum Gasteiger partial charge on any atom is 0.422 e. The average Bonchev–Trinajstić information content (AvgIpc) is 3.10. The number of urea groups is 1. The molecule has 1 N–H and O–H groups in total. The van der Waals surface area contributed by atoms with Gasteiger partial charge in [0.05, 0.1) is 0 Å². The van der Waals surface area contributed by atoms with Gasteiger partial charge in [0, 0.05) is 24.8 Å². The van der Waals surface area contributed by atoms with Crippen LogP contribution in [0.15, 0.2) is 24.3 Å². The summed E-state index contributed by atoms with van der Waals surface area (Å²) in [6.45, 7) is 4.98. The van der Waals surface area contributed by atoms with Crippen molar-refractivity contribution in [3.63, 3.8) is 0 Å². The monoisotopic (exact) mass is 373 g/mol. The molecule has 1 aliphatic heterocycles. The molecule has 0 spiro atoms. The molecule has 1 aromatic rings. The van der Waals surface area contributed by atoms with E-state index >= 15 is 0 Å². The number of ether oxygens (including phenoxy) is 1. The number of nitrogens with zero attached hydrogens (tertiary/aromatic N) is 2. The lowest BCUT2D eigenvalue weighted by Crippen LogP contribution is -2.37. The van der Waals surface area contributed by atoms with Gasteiger partial charge in [-0.25, -0.2) is 4.79 Å². The quantitative estimate of drug-likeness (QED) is 0.750. The van der Waals surface area contributed by atoms with Crippen LogP contribution >= 0.6 is 0 Å². The molecule has 1 heterocycles. The van der Waals surface area contributed by atoms with Gasteiger partial charge in [-0.1, -0.05) is 6.07 Å². The van der Waals surface area contributed by atoms with Gasteiger partial charge >= 0.3 is 12.2 Å². The Bertz CT molecular complexity index is 575. The predicted octanol–water partition coefficient (Wildman–Crippen LogP) is 3.97. The summed E-state index contributed by atoms with van der Waals surface area (Å²) in [6.07, 6.45) is -1.01. The maximum atomic E-state index is 12.4. The van der Waals surface area contributed by atoms with Gasteiger partial charge in [-0.05, 0) is 58.0 Å². The molecule has 146 valence electrons. The first kappa shape index (κ1) is 20.4. The van der Waals surface area contributed by atoms with Crippen LogP contribution in [0.1, 0.15) is 26.2 Å². The largest absolute Gasteiger partial charge is 0.484 e. The molecule has 0 aromatic heterocycles. The zero-order valence-corrected chi connectivity index (χ0v) is 15.0. The zero-order chi connectivity index (χ0) is 19.0. The van der Waals surface area contributed by atoms with Crippen LogP contribution in [0, 0.1) is 0 Å². The van der Waals surface area contributed by atoms with E-state index in [9.17, 15) is 18.0 Å². The standard InChI is InChI=1S/C18H26F3N3O2/c1-2-24(12-6-11-23-9-3-4-10-23)17(25)22-15-7-5-8-16(13-15)26-14-18(19,20)21/h5,7-8,13H,2-4,6,9-12,14H2,1H3,(H,22,25). The molecule has 2 amide bonds. The van der Waals surface area contributed by atoms with Crippen molar-refractivity contribution in [3.8, 4) is 5.75 Å². The molecular weight excluding hydrogens is 347 g/mol. The van der Waals surface area contributed by atoms with Crippen LogP contribution in [0.4, 0.5) is 23.7 Å². The summed E-state index contributed by atoms with van der Waals surface area (Å²) < 4.78 is 41.4. The molecule has 0 radical (unpaired) electrons. The molecule has 1 aliphatic rings. The summed E-state index contributed by atoms with van der Waals surface area (Å²) in [4.78, 5) is 16.5. The highest BCUT2D eigenvalue weighted by Gasteiger charge is 2.28. The Labute approximate surface area is 152 Å². The number of amides is 2. The van der Waals surface area contributed by atoms with Crippen molar-refractivity contribution in [2.24, 2.45) is 0 Å². The highest BCUT2D eigenvalue weighted by Crippen LogP contribution is 2.21. The molecule has 1 aromatic carbocycles. The minimum atomic E-state index is -4.40. The van der Waals surface area contributed by atoms with E-state index in [-0.39, 0.29) is 11.8 Å². The molecule has 26 heavy (non-hydrogen) atoms. The molecule has 0 bridgehead atoms. The Morgan fingerprint density at radius 2 is 2.04 bits per heavy atom. The van der Waals surface area contributed by atoms with Gasteiger partial charge in [-0.2, -0.15) is 13.2 Å². The fraction of sp³-hybridized carbons (Fsp3) is 0.611. The number of nitrogens with one attached hydrogen (secondary N) is 1. The van der Waals surface area contributed by atoms with Gasteiger partial charge < -0.3 is 19.9 Å². The molecule has 1 saturated heterocycles. The van der Waals surface area contributed by atoms with Crippen molar-refractivity contribution >= 4 is 11.7 Å². The van der Waals surface area contributed by atoms with Crippen molar-refractivity contribution in [3.05, 3.63) is 24.3 Å². The summed E-state index contributed by atoms with van der Waals surface area (Å²) in [5.41, 5.74) is 0.410. The van der Waals surface area contributed by atoms with Crippen LogP contribution < -0.4 is 10.1 Å². The predicted molar refractivity (Wildman–Crippen MR) is 94.5 cm³/mol. The average molecular weight is 373 g/mol. The third-order valence-corrected chi connectivity index (χ3v) is 4.26. The number of hydrogen-bond donors (Lipinski definition) is 1. The van der Waals surface area contributed by atoms with E-state index in [0.29, 0.717) is 18.8 Å².